The number of carbonyl (C=O) groups excluding carboxylic acids is 1. The van der Waals surface area contributed by atoms with Gasteiger partial charge in [0.05, 0.1) is 18.2 Å². The zero-order chi connectivity index (χ0) is 31.8. The van der Waals surface area contributed by atoms with Crippen molar-refractivity contribution < 1.29 is 9.53 Å². The number of esters is 1. The molecule has 7 nitrogen and oxygen atoms in total. The summed E-state index contributed by atoms with van der Waals surface area (Å²) in [7, 11) is 1.40. The molecule has 228 valence electrons. The van der Waals surface area contributed by atoms with Crippen LogP contribution in [0.1, 0.15) is 26.4 Å². The van der Waals surface area contributed by atoms with Crippen molar-refractivity contribution in [3.8, 4) is 32.4 Å². The van der Waals surface area contributed by atoms with Gasteiger partial charge in [-0.15, -0.1) is 22.7 Å². The first-order valence-electron chi connectivity index (χ1n) is 15.0. The van der Waals surface area contributed by atoms with Gasteiger partial charge in [-0.25, -0.2) is 14.8 Å². The third-order valence-corrected chi connectivity index (χ3v) is 10.2. The molecule has 0 amide bonds. The van der Waals surface area contributed by atoms with Crippen molar-refractivity contribution >= 4 is 34.3 Å². The highest BCUT2D eigenvalue weighted by Crippen LogP contribution is 2.44. The number of rotatable bonds is 8. The van der Waals surface area contributed by atoms with Crippen molar-refractivity contribution in [2.75, 3.05) is 7.11 Å². The number of thiophene rings is 1. The normalized spacial score (nSPS) is 11.6. The summed E-state index contributed by atoms with van der Waals surface area (Å²) >= 11 is 2.94. The topological polar surface area (TPSA) is 74.3 Å². The average Bonchev–Trinajstić information content (AvgIpc) is 3.96. The molecule has 8 aromatic rings. The molecule has 0 saturated heterocycles. The van der Waals surface area contributed by atoms with Gasteiger partial charge in [-0.3, -0.25) is 9.08 Å². The van der Waals surface area contributed by atoms with E-state index in [0.29, 0.717) is 4.88 Å². The van der Waals surface area contributed by atoms with Gasteiger partial charge in [0.25, 0.3) is 0 Å². The minimum Gasteiger partial charge on any atom is -0.465 e. The standard InChI is InChI=1S/C38H27N5O2S2/c1-45-37(44)33-19-18-32(47-33)35-30(26-17-20-34-40-23-31(42(34)24-26)36-39-21-22-46-36)25-43(41-35)38(27-11-5-2-6-12-27,28-13-7-3-8-14-28)29-15-9-4-10-16-29/h2-25H,1H3. The summed E-state index contributed by atoms with van der Waals surface area (Å²) in [6, 6.07) is 39.2. The Bertz CT molecular complexity index is 2210. The van der Waals surface area contributed by atoms with Gasteiger partial charge in [-0.05, 0) is 41.0 Å². The number of carbonyl (C=O) groups is 1. The molecule has 0 aliphatic rings. The second-order valence-corrected chi connectivity index (χ2v) is 12.9. The minimum atomic E-state index is -0.815. The van der Waals surface area contributed by atoms with E-state index in [1.807, 2.05) is 41.9 Å². The number of ether oxygens (including phenoxy) is 1. The summed E-state index contributed by atoms with van der Waals surface area (Å²) in [5.41, 5.74) is 6.74. The second kappa shape index (κ2) is 11.9. The van der Waals surface area contributed by atoms with Crippen LogP contribution in [0.3, 0.4) is 0 Å². The molecular weight excluding hydrogens is 623 g/mol. The number of fused-ring (bicyclic) bond motifs is 1. The van der Waals surface area contributed by atoms with Crippen LogP contribution >= 0.6 is 22.7 Å². The molecule has 0 saturated carbocycles. The van der Waals surface area contributed by atoms with E-state index < -0.39 is 5.54 Å². The molecule has 9 heteroatoms. The lowest BCUT2D eigenvalue weighted by molar-refractivity contribution is 0.0606. The first kappa shape index (κ1) is 28.8. The van der Waals surface area contributed by atoms with Crippen LogP contribution in [-0.4, -0.2) is 37.2 Å². The van der Waals surface area contributed by atoms with Crippen LogP contribution in [0.15, 0.2) is 145 Å². The summed E-state index contributed by atoms with van der Waals surface area (Å²) in [6.07, 6.45) is 7.88. The van der Waals surface area contributed by atoms with Gasteiger partial charge in [0, 0.05) is 35.1 Å². The van der Waals surface area contributed by atoms with Crippen LogP contribution in [0.5, 0.6) is 0 Å². The van der Waals surface area contributed by atoms with Gasteiger partial charge in [0.2, 0.25) is 0 Å². The van der Waals surface area contributed by atoms with Crippen LogP contribution in [0.2, 0.25) is 0 Å². The zero-order valence-electron chi connectivity index (χ0n) is 25.2. The average molecular weight is 650 g/mol. The Hall–Kier alpha value is -5.64. The minimum absolute atomic E-state index is 0.373. The third kappa shape index (κ3) is 4.88. The second-order valence-electron chi connectivity index (χ2n) is 10.9. The number of pyridine rings is 1. The number of hydrogen-bond acceptors (Lipinski definition) is 7. The van der Waals surface area contributed by atoms with Gasteiger partial charge in [-0.2, -0.15) is 5.10 Å². The summed E-state index contributed by atoms with van der Waals surface area (Å²) in [5.74, 6) is -0.373. The lowest BCUT2D eigenvalue weighted by Gasteiger charge is -2.36. The summed E-state index contributed by atoms with van der Waals surface area (Å²) in [6.45, 7) is 0. The maximum Gasteiger partial charge on any atom is 0.348 e. The van der Waals surface area contributed by atoms with Gasteiger partial charge in [0.1, 0.15) is 32.5 Å². The van der Waals surface area contributed by atoms with Crippen LogP contribution in [0, 0.1) is 0 Å². The molecule has 0 atom stereocenters. The Morgan fingerprint density at radius 1 is 0.766 bits per heavy atom. The molecule has 0 N–H and O–H groups in total. The summed E-state index contributed by atoms with van der Waals surface area (Å²) < 4.78 is 9.20. The number of hydrogen-bond donors (Lipinski definition) is 0. The number of imidazole rings is 1. The maximum atomic E-state index is 12.5. The van der Waals surface area contributed by atoms with Crippen LogP contribution in [-0.2, 0) is 10.3 Å². The van der Waals surface area contributed by atoms with E-state index in [4.69, 9.17) is 9.84 Å². The molecule has 0 fully saturated rings. The monoisotopic (exact) mass is 649 g/mol. The van der Waals surface area contributed by atoms with Crippen molar-refractivity contribution in [3.05, 3.63) is 167 Å². The Kier molecular flexibility index (Phi) is 7.32. The predicted molar refractivity (Wildman–Crippen MR) is 187 cm³/mol. The Morgan fingerprint density at radius 3 is 2.02 bits per heavy atom. The first-order valence-corrected chi connectivity index (χ1v) is 16.7. The fourth-order valence-electron chi connectivity index (χ4n) is 6.20. The van der Waals surface area contributed by atoms with Crippen molar-refractivity contribution in [1.29, 1.82) is 0 Å². The largest absolute Gasteiger partial charge is 0.465 e. The number of benzene rings is 3. The van der Waals surface area contributed by atoms with E-state index in [9.17, 15) is 4.79 Å². The fourth-order valence-corrected chi connectivity index (χ4v) is 7.76. The number of methoxy groups -OCH3 is 1. The fraction of sp³-hybridized carbons (Fsp3) is 0.0526. The van der Waals surface area contributed by atoms with E-state index in [1.54, 1.807) is 23.6 Å². The predicted octanol–water partition coefficient (Wildman–Crippen LogP) is 8.68. The maximum absolute atomic E-state index is 12.5. The van der Waals surface area contributed by atoms with Gasteiger partial charge in [0.15, 0.2) is 0 Å². The molecule has 3 aromatic carbocycles. The lowest BCUT2D eigenvalue weighted by atomic mass is 9.77. The molecule has 0 aliphatic carbocycles. The molecule has 0 bridgehead atoms. The number of thiazole rings is 1. The zero-order valence-corrected chi connectivity index (χ0v) is 26.9. The molecule has 0 spiro atoms. The third-order valence-electron chi connectivity index (χ3n) is 8.33. The molecule has 8 rings (SSSR count). The van der Waals surface area contributed by atoms with Gasteiger partial charge < -0.3 is 4.74 Å². The smallest absolute Gasteiger partial charge is 0.348 e. The van der Waals surface area contributed by atoms with Crippen LogP contribution < -0.4 is 0 Å². The Balaban J connectivity index is 1.43. The highest BCUT2D eigenvalue weighted by Gasteiger charge is 2.40. The molecule has 47 heavy (non-hydrogen) atoms. The SMILES string of the molecule is COC(=O)c1ccc(-c2nn(C(c3ccccc3)(c3ccccc3)c3ccccc3)cc2-c2ccc3ncc(-c4nccs4)n3c2)s1. The molecule has 0 aliphatic heterocycles. The van der Waals surface area contributed by atoms with Crippen LogP contribution in [0.25, 0.3) is 38.0 Å². The van der Waals surface area contributed by atoms with Gasteiger partial charge >= 0.3 is 5.97 Å². The first-order chi connectivity index (χ1) is 23.2. The van der Waals surface area contributed by atoms with Crippen molar-refractivity contribution in [2.24, 2.45) is 0 Å². The molecular formula is C38H27N5O2S2. The summed E-state index contributed by atoms with van der Waals surface area (Å²) in [5, 5.41) is 8.29. The number of aromatic nitrogens is 5. The van der Waals surface area contributed by atoms with Crippen molar-refractivity contribution in [1.82, 2.24) is 24.1 Å². The van der Waals surface area contributed by atoms with Gasteiger partial charge in [-0.1, -0.05) is 91.0 Å². The highest BCUT2D eigenvalue weighted by atomic mass is 32.1. The van der Waals surface area contributed by atoms with Crippen molar-refractivity contribution in [3.63, 3.8) is 0 Å². The van der Waals surface area contributed by atoms with E-state index in [-0.39, 0.29) is 5.97 Å². The molecule has 5 heterocycles. The Labute approximate surface area is 279 Å². The summed E-state index contributed by atoms with van der Waals surface area (Å²) in [4.78, 5) is 23.1. The molecule has 0 radical (unpaired) electrons. The quantitative estimate of drug-likeness (QED) is 0.122. The Morgan fingerprint density at radius 2 is 1.43 bits per heavy atom. The van der Waals surface area contributed by atoms with Crippen molar-refractivity contribution in [2.45, 2.75) is 5.54 Å². The van der Waals surface area contributed by atoms with E-state index >= 15 is 0 Å². The van der Waals surface area contributed by atoms with Crippen LogP contribution in [0.4, 0.5) is 0 Å². The van der Waals surface area contributed by atoms with E-state index in [2.05, 4.69) is 110 Å². The molecule has 0 unspecified atom stereocenters. The highest BCUT2D eigenvalue weighted by molar-refractivity contribution is 7.17. The lowest BCUT2D eigenvalue weighted by Crippen LogP contribution is -2.38. The van der Waals surface area contributed by atoms with E-state index in [1.165, 1.54) is 18.4 Å². The number of nitrogens with zero attached hydrogens (tertiary/aromatic N) is 5. The van der Waals surface area contributed by atoms with E-state index in [0.717, 1.165) is 54.7 Å². The molecule has 5 aromatic heterocycles.